The van der Waals surface area contributed by atoms with Crippen LogP contribution < -0.4 is 5.32 Å². The highest BCUT2D eigenvalue weighted by Crippen LogP contribution is 1.79. The summed E-state index contributed by atoms with van der Waals surface area (Å²) in [6.07, 6.45) is 0. The standard InChI is InChI=1S/C5H11NO.ClH/c1-5(4-7)3-6-2;/h6-7H,1,3-4H2,2H3;1H. The van der Waals surface area contributed by atoms with Crippen molar-refractivity contribution in [2.24, 2.45) is 0 Å². The molecule has 50 valence electrons. The minimum atomic E-state index is 0. The smallest absolute Gasteiger partial charge is 0.0651 e. The summed E-state index contributed by atoms with van der Waals surface area (Å²) in [5.41, 5.74) is 0.822. The van der Waals surface area contributed by atoms with E-state index in [4.69, 9.17) is 5.11 Å². The Morgan fingerprint density at radius 2 is 2.25 bits per heavy atom. The molecule has 0 heterocycles. The Kier molecular flexibility index (Phi) is 9.42. The Morgan fingerprint density at radius 3 is 2.38 bits per heavy atom. The van der Waals surface area contributed by atoms with Gasteiger partial charge in [0.25, 0.3) is 0 Å². The van der Waals surface area contributed by atoms with E-state index in [1.165, 1.54) is 0 Å². The molecule has 2 N–H and O–H groups in total. The summed E-state index contributed by atoms with van der Waals surface area (Å²) in [6, 6.07) is 0. The largest absolute Gasteiger partial charge is 0.392 e. The maximum Gasteiger partial charge on any atom is 0.0651 e. The van der Waals surface area contributed by atoms with Gasteiger partial charge in [-0.25, -0.2) is 0 Å². The van der Waals surface area contributed by atoms with Crippen LogP contribution in [0, 0.1) is 0 Å². The van der Waals surface area contributed by atoms with Gasteiger partial charge in [-0.2, -0.15) is 0 Å². The molecule has 0 aromatic heterocycles. The summed E-state index contributed by atoms with van der Waals surface area (Å²) in [5, 5.41) is 11.2. The topological polar surface area (TPSA) is 32.3 Å². The van der Waals surface area contributed by atoms with Gasteiger partial charge in [-0.3, -0.25) is 0 Å². The number of nitrogens with one attached hydrogen (secondary N) is 1. The van der Waals surface area contributed by atoms with E-state index in [1.807, 2.05) is 7.05 Å². The summed E-state index contributed by atoms with van der Waals surface area (Å²) in [6.45, 7) is 4.34. The molecule has 0 aromatic rings. The lowest BCUT2D eigenvalue weighted by Gasteiger charge is -1.95. The number of likely N-dealkylation sites (N-methyl/N-ethyl adjacent to an activating group) is 1. The van der Waals surface area contributed by atoms with Gasteiger partial charge in [0, 0.05) is 6.54 Å². The van der Waals surface area contributed by atoms with Gasteiger partial charge in [-0.1, -0.05) is 6.58 Å². The summed E-state index contributed by atoms with van der Waals surface area (Å²) in [5.74, 6) is 0. The number of aliphatic hydroxyl groups excluding tert-OH is 1. The second-order valence-electron chi connectivity index (χ2n) is 1.44. The summed E-state index contributed by atoms with van der Waals surface area (Å²) in [7, 11) is 1.82. The summed E-state index contributed by atoms with van der Waals surface area (Å²) >= 11 is 0. The molecule has 0 aliphatic carbocycles. The highest BCUT2D eigenvalue weighted by Gasteiger charge is 1.83. The van der Waals surface area contributed by atoms with E-state index in [0.717, 1.165) is 5.57 Å². The number of rotatable bonds is 3. The molecule has 8 heavy (non-hydrogen) atoms. The van der Waals surface area contributed by atoms with Gasteiger partial charge in [0.05, 0.1) is 6.61 Å². The van der Waals surface area contributed by atoms with Gasteiger partial charge in [0.1, 0.15) is 0 Å². The molecule has 2 nitrogen and oxygen atoms in total. The van der Waals surface area contributed by atoms with Crippen molar-refractivity contribution in [3.8, 4) is 0 Å². The minimum Gasteiger partial charge on any atom is -0.392 e. The first-order valence-electron chi connectivity index (χ1n) is 2.23. The third-order valence-corrected chi connectivity index (χ3v) is 0.650. The van der Waals surface area contributed by atoms with E-state index < -0.39 is 0 Å². The molecule has 0 aliphatic rings. The summed E-state index contributed by atoms with van der Waals surface area (Å²) in [4.78, 5) is 0. The molecular weight excluding hydrogens is 126 g/mol. The van der Waals surface area contributed by atoms with Crippen LogP contribution in [0.1, 0.15) is 0 Å². The molecule has 0 saturated heterocycles. The maximum atomic E-state index is 8.33. The molecule has 0 fully saturated rings. The zero-order valence-electron chi connectivity index (χ0n) is 4.98. The number of aliphatic hydroxyl groups is 1. The Bertz CT molecular complexity index is 65.4. The fourth-order valence-electron chi connectivity index (χ4n) is 0.306. The van der Waals surface area contributed by atoms with Gasteiger partial charge in [-0.05, 0) is 12.6 Å². The van der Waals surface area contributed by atoms with Gasteiger partial charge >= 0.3 is 0 Å². The van der Waals surface area contributed by atoms with E-state index in [1.54, 1.807) is 0 Å². The molecule has 0 amide bonds. The number of hydrogen-bond acceptors (Lipinski definition) is 2. The third-order valence-electron chi connectivity index (χ3n) is 0.650. The molecule has 0 radical (unpaired) electrons. The van der Waals surface area contributed by atoms with Gasteiger partial charge in [-0.15, -0.1) is 12.4 Å². The molecule has 0 unspecified atom stereocenters. The number of hydrogen-bond donors (Lipinski definition) is 2. The molecule has 3 heteroatoms. The van der Waals surface area contributed by atoms with Crippen LogP contribution in [0.15, 0.2) is 12.2 Å². The normalized spacial score (nSPS) is 7.75. The van der Waals surface area contributed by atoms with Gasteiger partial charge in [0.15, 0.2) is 0 Å². The zero-order chi connectivity index (χ0) is 5.70. The van der Waals surface area contributed by atoms with Crippen LogP contribution in [0.4, 0.5) is 0 Å². The first-order valence-corrected chi connectivity index (χ1v) is 2.23. The first-order chi connectivity index (χ1) is 3.31. The highest BCUT2D eigenvalue weighted by atomic mass is 35.5. The van der Waals surface area contributed by atoms with Crippen molar-refractivity contribution in [2.45, 2.75) is 0 Å². The average molecular weight is 138 g/mol. The second kappa shape index (κ2) is 6.95. The maximum absolute atomic E-state index is 8.33. The Labute approximate surface area is 56.0 Å². The summed E-state index contributed by atoms with van der Waals surface area (Å²) < 4.78 is 0. The lowest BCUT2D eigenvalue weighted by Crippen LogP contribution is -2.11. The van der Waals surface area contributed by atoms with Crippen molar-refractivity contribution in [2.75, 3.05) is 20.2 Å². The fraction of sp³-hybridized carbons (Fsp3) is 0.600. The lowest BCUT2D eigenvalue weighted by molar-refractivity contribution is 0.328. The predicted molar refractivity (Wildman–Crippen MR) is 37.4 cm³/mol. The van der Waals surface area contributed by atoms with Crippen LogP contribution in [0.25, 0.3) is 0 Å². The molecule has 0 aromatic carbocycles. The number of halogens is 1. The minimum absolute atomic E-state index is 0. The zero-order valence-corrected chi connectivity index (χ0v) is 5.79. The van der Waals surface area contributed by atoms with Crippen LogP contribution in [-0.2, 0) is 0 Å². The van der Waals surface area contributed by atoms with Gasteiger partial charge in [0.2, 0.25) is 0 Å². The molecule has 0 aliphatic heterocycles. The SMILES string of the molecule is C=C(CO)CNC.Cl. The predicted octanol–water partition coefficient (Wildman–Crippen LogP) is 0.176. The van der Waals surface area contributed by atoms with Crippen molar-refractivity contribution in [3.63, 3.8) is 0 Å². The van der Waals surface area contributed by atoms with Crippen LogP contribution in [0.3, 0.4) is 0 Å². The quantitative estimate of drug-likeness (QED) is 0.544. The van der Waals surface area contributed by atoms with Crippen LogP contribution >= 0.6 is 12.4 Å². The van der Waals surface area contributed by atoms with E-state index in [-0.39, 0.29) is 19.0 Å². The van der Waals surface area contributed by atoms with E-state index >= 15 is 0 Å². The van der Waals surface area contributed by atoms with E-state index in [0.29, 0.717) is 6.54 Å². The fourth-order valence-corrected chi connectivity index (χ4v) is 0.306. The Balaban J connectivity index is 0. The molecule has 0 spiro atoms. The van der Waals surface area contributed by atoms with Crippen molar-refractivity contribution < 1.29 is 5.11 Å². The van der Waals surface area contributed by atoms with Crippen LogP contribution in [0.2, 0.25) is 0 Å². The molecule has 0 bridgehead atoms. The third kappa shape index (κ3) is 5.95. The first kappa shape index (κ1) is 10.8. The van der Waals surface area contributed by atoms with Crippen LogP contribution in [0.5, 0.6) is 0 Å². The van der Waals surface area contributed by atoms with E-state index in [9.17, 15) is 0 Å². The van der Waals surface area contributed by atoms with Crippen molar-refractivity contribution in [1.29, 1.82) is 0 Å². The molecule has 0 saturated carbocycles. The molecular formula is C5H12ClNO. The second-order valence-corrected chi connectivity index (χ2v) is 1.44. The van der Waals surface area contributed by atoms with Gasteiger partial charge < -0.3 is 10.4 Å². The highest BCUT2D eigenvalue weighted by molar-refractivity contribution is 5.85. The average Bonchev–Trinajstić information content (AvgIpc) is 1.68. The van der Waals surface area contributed by atoms with Crippen molar-refractivity contribution in [1.82, 2.24) is 5.32 Å². The molecule has 0 rings (SSSR count). The van der Waals surface area contributed by atoms with E-state index in [2.05, 4.69) is 11.9 Å². The Hall–Kier alpha value is -0.0500. The Morgan fingerprint density at radius 1 is 1.75 bits per heavy atom. The van der Waals surface area contributed by atoms with Crippen LogP contribution in [-0.4, -0.2) is 25.3 Å². The van der Waals surface area contributed by atoms with Crippen molar-refractivity contribution in [3.05, 3.63) is 12.2 Å². The lowest BCUT2D eigenvalue weighted by atomic mass is 10.3. The monoisotopic (exact) mass is 137 g/mol. The molecule has 0 atom stereocenters. The van der Waals surface area contributed by atoms with Crippen molar-refractivity contribution >= 4 is 12.4 Å².